The average Bonchev–Trinajstić information content (AvgIpc) is 2.50. The number of nitrogens with two attached hydrogens (primary N) is 1. The average molecular weight is 206 g/mol. The van der Waals surface area contributed by atoms with Crippen molar-refractivity contribution in [3.8, 4) is 11.3 Å². The number of aromatic nitrogens is 1. The molecule has 15 heavy (non-hydrogen) atoms. The molecule has 3 nitrogen and oxygen atoms in total. The molecule has 0 saturated heterocycles. The van der Waals surface area contributed by atoms with Crippen LogP contribution in [0.15, 0.2) is 22.6 Å². The van der Waals surface area contributed by atoms with Crippen molar-refractivity contribution in [3.05, 3.63) is 35.3 Å². The third kappa shape index (κ3) is 1.70. The third-order valence-electron chi connectivity index (χ3n) is 2.23. The van der Waals surface area contributed by atoms with Crippen molar-refractivity contribution >= 4 is 6.01 Å². The SMILES string of the molecule is Cc1cc(-c2oc(N)nc2C)ccc1F. The van der Waals surface area contributed by atoms with Crippen LogP contribution in [0, 0.1) is 19.7 Å². The summed E-state index contributed by atoms with van der Waals surface area (Å²) in [6.07, 6.45) is 0. The summed E-state index contributed by atoms with van der Waals surface area (Å²) in [4.78, 5) is 3.96. The number of benzene rings is 1. The zero-order valence-corrected chi connectivity index (χ0v) is 8.54. The number of nitrogen functional groups attached to an aromatic ring is 1. The summed E-state index contributed by atoms with van der Waals surface area (Å²) in [6.45, 7) is 3.50. The molecule has 0 saturated carbocycles. The lowest BCUT2D eigenvalue weighted by atomic mass is 10.1. The van der Waals surface area contributed by atoms with Crippen LogP contribution >= 0.6 is 0 Å². The minimum Gasteiger partial charge on any atom is -0.423 e. The molecule has 1 heterocycles. The molecule has 2 rings (SSSR count). The van der Waals surface area contributed by atoms with Gasteiger partial charge in [0.05, 0.1) is 5.69 Å². The Kier molecular flexibility index (Phi) is 2.19. The van der Waals surface area contributed by atoms with Gasteiger partial charge < -0.3 is 10.2 Å². The highest BCUT2D eigenvalue weighted by atomic mass is 19.1. The number of oxazole rings is 1. The Hall–Kier alpha value is -1.84. The van der Waals surface area contributed by atoms with Gasteiger partial charge in [0.25, 0.3) is 6.01 Å². The maximum atomic E-state index is 13.0. The fourth-order valence-electron chi connectivity index (χ4n) is 1.47. The van der Waals surface area contributed by atoms with E-state index in [2.05, 4.69) is 4.98 Å². The molecule has 78 valence electrons. The first-order valence-electron chi connectivity index (χ1n) is 4.57. The van der Waals surface area contributed by atoms with Crippen LogP contribution in [-0.4, -0.2) is 4.98 Å². The summed E-state index contributed by atoms with van der Waals surface area (Å²) in [6, 6.07) is 4.89. The molecule has 0 spiro atoms. The van der Waals surface area contributed by atoms with Crippen molar-refractivity contribution < 1.29 is 8.81 Å². The molecule has 1 aromatic carbocycles. The molecule has 0 amide bonds. The lowest BCUT2D eigenvalue weighted by Crippen LogP contribution is -1.84. The number of hydrogen-bond acceptors (Lipinski definition) is 3. The van der Waals surface area contributed by atoms with Gasteiger partial charge in [0.2, 0.25) is 0 Å². The number of rotatable bonds is 1. The van der Waals surface area contributed by atoms with E-state index in [-0.39, 0.29) is 11.8 Å². The maximum absolute atomic E-state index is 13.0. The van der Waals surface area contributed by atoms with Crippen LogP contribution in [0.4, 0.5) is 10.4 Å². The van der Waals surface area contributed by atoms with Crippen LogP contribution in [0.5, 0.6) is 0 Å². The molecule has 0 radical (unpaired) electrons. The van der Waals surface area contributed by atoms with Crippen molar-refractivity contribution in [2.75, 3.05) is 5.73 Å². The van der Waals surface area contributed by atoms with Crippen molar-refractivity contribution in [1.82, 2.24) is 4.98 Å². The topological polar surface area (TPSA) is 52.0 Å². The van der Waals surface area contributed by atoms with Gasteiger partial charge in [-0.15, -0.1) is 0 Å². The zero-order chi connectivity index (χ0) is 11.0. The molecule has 0 aliphatic heterocycles. The van der Waals surface area contributed by atoms with Crippen LogP contribution in [0.25, 0.3) is 11.3 Å². The van der Waals surface area contributed by atoms with E-state index in [1.54, 1.807) is 26.0 Å². The van der Waals surface area contributed by atoms with E-state index in [4.69, 9.17) is 10.2 Å². The highest BCUT2D eigenvalue weighted by molar-refractivity contribution is 5.61. The molecule has 0 unspecified atom stereocenters. The maximum Gasteiger partial charge on any atom is 0.292 e. The Morgan fingerprint density at radius 3 is 2.60 bits per heavy atom. The second-order valence-corrected chi connectivity index (χ2v) is 3.43. The van der Waals surface area contributed by atoms with E-state index in [0.717, 1.165) is 5.56 Å². The fraction of sp³-hybridized carbons (Fsp3) is 0.182. The summed E-state index contributed by atoms with van der Waals surface area (Å²) < 4.78 is 18.3. The Bertz CT molecular complexity index is 505. The summed E-state index contributed by atoms with van der Waals surface area (Å²) in [5, 5.41) is 0. The van der Waals surface area contributed by atoms with Gasteiger partial charge in [-0.05, 0) is 37.6 Å². The van der Waals surface area contributed by atoms with E-state index < -0.39 is 0 Å². The van der Waals surface area contributed by atoms with Gasteiger partial charge in [0.1, 0.15) is 5.82 Å². The minimum absolute atomic E-state index is 0.129. The highest BCUT2D eigenvalue weighted by Crippen LogP contribution is 2.26. The predicted octanol–water partition coefficient (Wildman–Crippen LogP) is 2.68. The predicted molar refractivity (Wildman–Crippen MR) is 55.8 cm³/mol. The molecule has 0 atom stereocenters. The van der Waals surface area contributed by atoms with E-state index in [0.29, 0.717) is 17.0 Å². The van der Waals surface area contributed by atoms with Crippen molar-refractivity contribution in [2.24, 2.45) is 0 Å². The zero-order valence-electron chi connectivity index (χ0n) is 8.54. The second-order valence-electron chi connectivity index (χ2n) is 3.43. The van der Waals surface area contributed by atoms with Crippen LogP contribution in [0.3, 0.4) is 0 Å². The Morgan fingerprint density at radius 1 is 1.33 bits per heavy atom. The first-order valence-corrected chi connectivity index (χ1v) is 4.57. The number of hydrogen-bond donors (Lipinski definition) is 1. The first-order chi connectivity index (χ1) is 7.08. The van der Waals surface area contributed by atoms with Crippen LogP contribution < -0.4 is 5.73 Å². The molecule has 2 N–H and O–H groups in total. The summed E-state index contributed by atoms with van der Waals surface area (Å²) >= 11 is 0. The Morgan fingerprint density at radius 2 is 2.07 bits per heavy atom. The van der Waals surface area contributed by atoms with Crippen LogP contribution in [0.1, 0.15) is 11.3 Å². The van der Waals surface area contributed by atoms with E-state index >= 15 is 0 Å². The van der Waals surface area contributed by atoms with Gasteiger partial charge in [-0.2, -0.15) is 4.98 Å². The smallest absolute Gasteiger partial charge is 0.292 e. The summed E-state index contributed by atoms with van der Waals surface area (Å²) in [7, 11) is 0. The second kappa shape index (κ2) is 3.38. The van der Waals surface area contributed by atoms with E-state index in [1.165, 1.54) is 6.07 Å². The normalized spacial score (nSPS) is 10.6. The third-order valence-corrected chi connectivity index (χ3v) is 2.23. The summed E-state index contributed by atoms with van der Waals surface area (Å²) in [5.41, 5.74) is 7.50. The fourth-order valence-corrected chi connectivity index (χ4v) is 1.47. The van der Waals surface area contributed by atoms with Crippen molar-refractivity contribution in [2.45, 2.75) is 13.8 Å². The van der Waals surface area contributed by atoms with Gasteiger partial charge in [-0.3, -0.25) is 0 Å². The van der Waals surface area contributed by atoms with Gasteiger partial charge in [0, 0.05) is 5.56 Å². The van der Waals surface area contributed by atoms with Crippen molar-refractivity contribution in [1.29, 1.82) is 0 Å². The van der Waals surface area contributed by atoms with Gasteiger partial charge in [-0.1, -0.05) is 0 Å². The lowest BCUT2D eigenvalue weighted by Gasteiger charge is -2.00. The molecule has 0 bridgehead atoms. The largest absolute Gasteiger partial charge is 0.423 e. The first kappa shape index (κ1) is 9.71. The molecular formula is C11H11FN2O. The lowest BCUT2D eigenvalue weighted by molar-refractivity contribution is 0.592. The van der Waals surface area contributed by atoms with Crippen molar-refractivity contribution in [3.63, 3.8) is 0 Å². The number of aryl methyl sites for hydroxylation is 2. The van der Waals surface area contributed by atoms with Gasteiger partial charge >= 0.3 is 0 Å². The van der Waals surface area contributed by atoms with E-state index in [9.17, 15) is 4.39 Å². The molecule has 0 fully saturated rings. The molecule has 0 aliphatic rings. The molecular weight excluding hydrogens is 195 g/mol. The number of nitrogens with zero attached hydrogens (tertiary/aromatic N) is 1. The number of anilines is 1. The van der Waals surface area contributed by atoms with E-state index in [1.807, 2.05) is 0 Å². The summed E-state index contributed by atoms with van der Waals surface area (Å²) in [5.74, 6) is 0.361. The monoisotopic (exact) mass is 206 g/mol. The standard InChI is InChI=1S/C11H11FN2O/c1-6-5-8(3-4-9(6)12)10-7(2)14-11(13)15-10/h3-5H,1-2H3,(H2,13,14). The van der Waals surface area contributed by atoms with Crippen LogP contribution in [-0.2, 0) is 0 Å². The number of halogens is 1. The molecule has 1 aromatic heterocycles. The molecule has 2 aromatic rings. The van der Waals surface area contributed by atoms with Gasteiger partial charge in [0.15, 0.2) is 5.76 Å². The highest BCUT2D eigenvalue weighted by Gasteiger charge is 2.10. The Balaban J connectivity index is 2.54. The molecule has 4 heteroatoms. The quantitative estimate of drug-likeness (QED) is 0.780. The minimum atomic E-state index is -0.233. The molecule has 0 aliphatic carbocycles. The Labute approximate surface area is 86.7 Å². The van der Waals surface area contributed by atoms with Gasteiger partial charge in [-0.25, -0.2) is 4.39 Å². The van der Waals surface area contributed by atoms with Crippen LogP contribution in [0.2, 0.25) is 0 Å².